The van der Waals surface area contributed by atoms with Crippen LogP contribution >= 0.6 is 0 Å². The predicted molar refractivity (Wildman–Crippen MR) is 53.7 cm³/mol. The van der Waals surface area contributed by atoms with Crippen molar-refractivity contribution in [1.82, 2.24) is 5.32 Å². The van der Waals surface area contributed by atoms with Crippen molar-refractivity contribution >= 4 is 5.91 Å². The van der Waals surface area contributed by atoms with Crippen molar-refractivity contribution in [3.63, 3.8) is 0 Å². The normalized spacial score (nSPS) is 34.5. The summed E-state index contributed by atoms with van der Waals surface area (Å²) in [4.78, 5) is 11.3. The molecule has 2 fully saturated rings. The highest BCUT2D eigenvalue weighted by molar-refractivity contribution is 5.77. The van der Waals surface area contributed by atoms with Crippen molar-refractivity contribution in [1.29, 1.82) is 0 Å². The van der Waals surface area contributed by atoms with Crippen LogP contribution in [0.5, 0.6) is 0 Å². The van der Waals surface area contributed by atoms with Crippen molar-refractivity contribution in [2.75, 3.05) is 13.2 Å². The second kappa shape index (κ2) is 4.30. The van der Waals surface area contributed by atoms with E-state index in [4.69, 9.17) is 0 Å². The lowest BCUT2D eigenvalue weighted by Gasteiger charge is -2.34. The maximum absolute atomic E-state index is 11.3. The summed E-state index contributed by atoms with van der Waals surface area (Å²) in [5, 5.41) is 12.1. The molecule has 1 aliphatic heterocycles. The smallest absolute Gasteiger partial charge is 0.220 e. The minimum Gasteiger partial charge on any atom is -0.396 e. The van der Waals surface area contributed by atoms with Crippen LogP contribution < -0.4 is 5.32 Å². The van der Waals surface area contributed by atoms with E-state index in [2.05, 4.69) is 5.32 Å². The van der Waals surface area contributed by atoms with Crippen LogP contribution in [0.2, 0.25) is 0 Å². The van der Waals surface area contributed by atoms with Crippen molar-refractivity contribution < 1.29 is 9.90 Å². The molecule has 0 aromatic heterocycles. The van der Waals surface area contributed by atoms with E-state index in [1.807, 2.05) is 0 Å². The Morgan fingerprint density at radius 1 is 1.36 bits per heavy atom. The van der Waals surface area contributed by atoms with Gasteiger partial charge in [0.15, 0.2) is 0 Å². The van der Waals surface area contributed by atoms with Crippen molar-refractivity contribution in [2.45, 2.75) is 32.1 Å². The minimum absolute atomic E-state index is 0.173. The number of hydrogen-bond acceptors (Lipinski definition) is 2. The van der Waals surface area contributed by atoms with E-state index < -0.39 is 0 Å². The molecule has 2 atom stereocenters. The standard InChI is InChI=1S/C11H19NO2/c13-7-9-6-12-11(14)5-10(9)8-3-1-2-4-8/h8-10,13H,1-7H2,(H,12,14). The quantitative estimate of drug-likeness (QED) is 0.691. The largest absolute Gasteiger partial charge is 0.396 e. The summed E-state index contributed by atoms with van der Waals surface area (Å²) in [6.45, 7) is 0.901. The zero-order valence-corrected chi connectivity index (χ0v) is 8.54. The molecule has 1 heterocycles. The molecule has 2 aliphatic rings. The second-order valence-electron chi connectivity index (χ2n) is 4.66. The lowest BCUT2D eigenvalue weighted by atomic mass is 9.76. The van der Waals surface area contributed by atoms with Crippen LogP contribution in [0.15, 0.2) is 0 Å². The first-order chi connectivity index (χ1) is 6.81. The molecule has 1 saturated carbocycles. The Kier molecular flexibility index (Phi) is 3.06. The van der Waals surface area contributed by atoms with Gasteiger partial charge in [0.2, 0.25) is 5.91 Å². The minimum atomic E-state index is 0.173. The number of carbonyl (C=O) groups excluding carboxylic acids is 1. The molecular formula is C11H19NO2. The number of nitrogens with one attached hydrogen (secondary N) is 1. The van der Waals surface area contributed by atoms with Gasteiger partial charge in [0.05, 0.1) is 0 Å². The average Bonchev–Trinajstić information content (AvgIpc) is 2.70. The third-order valence-corrected chi connectivity index (χ3v) is 3.83. The molecule has 3 heteroatoms. The van der Waals surface area contributed by atoms with Gasteiger partial charge in [-0.15, -0.1) is 0 Å². The number of aliphatic hydroxyl groups is 1. The van der Waals surface area contributed by atoms with E-state index in [9.17, 15) is 9.90 Å². The van der Waals surface area contributed by atoms with Gasteiger partial charge < -0.3 is 10.4 Å². The summed E-state index contributed by atoms with van der Waals surface area (Å²) in [6, 6.07) is 0. The predicted octanol–water partition coefficient (Wildman–Crippen LogP) is 0.921. The van der Waals surface area contributed by atoms with E-state index in [0.29, 0.717) is 30.7 Å². The maximum atomic E-state index is 11.3. The fourth-order valence-corrected chi connectivity index (χ4v) is 2.99. The van der Waals surface area contributed by atoms with Crippen LogP contribution in [-0.4, -0.2) is 24.2 Å². The molecule has 0 radical (unpaired) electrons. The van der Waals surface area contributed by atoms with Gasteiger partial charge in [-0.1, -0.05) is 25.7 Å². The fourth-order valence-electron chi connectivity index (χ4n) is 2.99. The Hall–Kier alpha value is -0.570. The van der Waals surface area contributed by atoms with Crippen LogP contribution in [0.1, 0.15) is 32.1 Å². The molecule has 0 bridgehead atoms. The molecule has 2 N–H and O–H groups in total. The van der Waals surface area contributed by atoms with Gasteiger partial charge in [-0.05, 0) is 11.8 Å². The highest BCUT2D eigenvalue weighted by Gasteiger charge is 2.35. The van der Waals surface area contributed by atoms with E-state index >= 15 is 0 Å². The average molecular weight is 197 g/mol. The van der Waals surface area contributed by atoms with Gasteiger partial charge in [-0.25, -0.2) is 0 Å². The Labute approximate surface area is 84.9 Å². The van der Waals surface area contributed by atoms with Crippen molar-refractivity contribution in [3.05, 3.63) is 0 Å². The Balaban J connectivity index is 2.00. The summed E-state index contributed by atoms with van der Waals surface area (Å²) in [5.74, 6) is 1.61. The molecule has 1 saturated heterocycles. The Bertz CT molecular complexity index is 209. The van der Waals surface area contributed by atoms with Crippen molar-refractivity contribution in [2.24, 2.45) is 17.8 Å². The zero-order valence-electron chi connectivity index (χ0n) is 8.54. The lowest BCUT2D eigenvalue weighted by Crippen LogP contribution is -2.44. The van der Waals surface area contributed by atoms with E-state index in [1.54, 1.807) is 0 Å². The Morgan fingerprint density at radius 2 is 2.07 bits per heavy atom. The molecule has 3 nitrogen and oxygen atoms in total. The van der Waals surface area contributed by atoms with Crippen LogP contribution in [0.25, 0.3) is 0 Å². The summed E-state index contributed by atoms with van der Waals surface area (Å²) in [6.07, 6.45) is 5.76. The molecule has 0 aromatic rings. The summed E-state index contributed by atoms with van der Waals surface area (Å²) >= 11 is 0. The molecule has 1 aliphatic carbocycles. The first kappa shape index (κ1) is 9.97. The first-order valence-electron chi connectivity index (χ1n) is 5.69. The van der Waals surface area contributed by atoms with Crippen LogP contribution in [0.3, 0.4) is 0 Å². The highest BCUT2D eigenvalue weighted by atomic mass is 16.3. The van der Waals surface area contributed by atoms with Gasteiger partial charge in [-0.2, -0.15) is 0 Å². The molecule has 1 amide bonds. The van der Waals surface area contributed by atoms with E-state index in [-0.39, 0.29) is 12.5 Å². The number of aliphatic hydroxyl groups excluding tert-OH is 1. The SMILES string of the molecule is O=C1CC(C2CCCC2)C(CO)CN1. The number of hydrogen-bond donors (Lipinski definition) is 2. The molecule has 2 unspecified atom stereocenters. The zero-order chi connectivity index (χ0) is 9.97. The second-order valence-corrected chi connectivity index (χ2v) is 4.66. The molecule has 0 aromatic carbocycles. The van der Waals surface area contributed by atoms with Crippen LogP contribution in [-0.2, 0) is 4.79 Å². The van der Waals surface area contributed by atoms with Crippen LogP contribution in [0.4, 0.5) is 0 Å². The highest BCUT2D eigenvalue weighted by Crippen LogP contribution is 2.38. The molecule has 80 valence electrons. The fraction of sp³-hybridized carbons (Fsp3) is 0.909. The third-order valence-electron chi connectivity index (χ3n) is 3.83. The van der Waals surface area contributed by atoms with Gasteiger partial charge in [0, 0.05) is 25.5 Å². The number of rotatable bonds is 2. The summed E-state index contributed by atoms with van der Waals surface area (Å²) < 4.78 is 0. The maximum Gasteiger partial charge on any atom is 0.220 e. The van der Waals surface area contributed by atoms with Gasteiger partial charge >= 0.3 is 0 Å². The number of amides is 1. The topological polar surface area (TPSA) is 49.3 Å². The first-order valence-corrected chi connectivity index (χ1v) is 5.69. The van der Waals surface area contributed by atoms with E-state index in [1.165, 1.54) is 25.7 Å². The third kappa shape index (κ3) is 1.92. The monoisotopic (exact) mass is 197 g/mol. The summed E-state index contributed by atoms with van der Waals surface area (Å²) in [7, 11) is 0. The number of carbonyl (C=O) groups is 1. The Morgan fingerprint density at radius 3 is 2.71 bits per heavy atom. The molecule has 2 rings (SSSR count). The van der Waals surface area contributed by atoms with Crippen molar-refractivity contribution in [3.8, 4) is 0 Å². The molecule has 0 spiro atoms. The molecular weight excluding hydrogens is 178 g/mol. The van der Waals surface area contributed by atoms with Crippen LogP contribution in [0, 0.1) is 17.8 Å². The molecule has 14 heavy (non-hydrogen) atoms. The number of piperidine rings is 1. The van der Waals surface area contributed by atoms with E-state index in [0.717, 1.165) is 0 Å². The van der Waals surface area contributed by atoms with Gasteiger partial charge in [0.25, 0.3) is 0 Å². The van der Waals surface area contributed by atoms with Gasteiger partial charge in [0.1, 0.15) is 0 Å². The van der Waals surface area contributed by atoms with Gasteiger partial charge in [-0.3, -0.25) is 4.79 Å². The summed E-state index contributed by atoms with van der Waals surface area (Å²) in [5.41, 5.74) is 0. The lowest BCUT2D eigenvalue weighted by molar-refractivity contribution is -0.126.